The van der Waals surface area contributed by atoms with Gasteiger partial charge in [-0.1, -0.05) is 78.9 Å². The lowest BCUT2D eigenvalue weighted by Gasteiger charge is -2.45. The fourth-order valence-corrected chi connectivity index (χ4v) is 4.97. The van der Waals surface area contributed by atoms with Crippen LogP contribution in [-0.4, -0.2) is 35.2 Å². The van der Waals surface area contributed by atoms with Crippen molar-refractivity contribution in [1.29, 1.82) is 0 Å². The number of ether oxygens (including phenoxy) is 1. The Hall–Kier alpha value is -3.57. The van der Waals surface area contributed by atoms with E-state index in [2.05, 4.69) is 0 Å². The molecule has 1 saturated carbocycles. The van der Waals surface area contributed by atoms with Gasteiger partial charge in [0.25, 0.3) is 0 Å². The Morgan fingerprint density at radius 1 is 0.848 bits per heavy atom. The first kappa shape index (κ1) is 22.6. The number of hydrogen-bond donors (Lipinski definition) is 1. The second kappa shape index (κ2) is 9.12. The molecule has 5 heteroatoms. The predicted molar refractivity (Wildman–Crippen MR) is 125 cm³/mol. The summed E-state index contributed by atoms with van der Waals surface area (Å²) in [5, 5.41) is 11.4. The van der Waals surface area contributed by atoms with Crippen LogP contribution in [0.5, 0.6) is 5.75 Å². The fraction of sp³-hybridized carbons (Fsp3) is 0.250. The van der Waals surface area contributed by atoms with E-state index in [0.717, 1.165) is 0 Å². The second-order valence-electron chi connectivity index (χ2n) is 8.68. The van der Waals surface area contributed by atoms with Crippen molar-refractivity contribution in [2.45, 2.75) is 24.9 Å². The number of aliphatic hydroxyl groups is 1. The normalized spacial score (nSPS) is 24.8. The highest BCUT2D eigenvalue weighted by Crippen LogP contribution is 2.50. The van der Waals surface area contributed by atoms with Crippen LogP contribution in [0, 0.1) is 11.8 Å². The van der Waals surface area contributed by atoms with Crippen molar-refractivity contribution >= 4 is 17.3 Å². The van der Waals surface area contributed by atoms with E-state index >= 15 is 0 Å². The molecule has 3 aromatic carbocycles. The lowest BCUT2D eigenvalue weighted by molar-refractivity contribution is -0.135. The number of ketones is 3. The zero-order valence-corrected chi connectivity index (χ0v) is 18.6. The maximum atomic E-state index is 13.8. The van der Waals surface area contributed by atoms with Gasteiger partial charge in [-0.2, -0.15) is 0 Å². The van der Waals surface area contributed by atoms with Gasteiger partial charge in [-0.3, -0.25) is 14.4 Å². The van der Waals surface area contributed by atoms with Crippen LogP contribution < -0.4 is 4.74 Å². The second-order valence-corrected chi connectivity index (χ2v) is 8.68. The minimum atomic E-state index is -1.64. The van der Waals surface area contributed by atoms with Gasteiger partial charge in [0.15, 0.2) is 11.6 Å². The smallest absolute Gasteiger partial charge is 0.173 e. The summed E-state index contributed by atoms with van der Waals surface area (Å²) in [6.45, 7) is 1.50. The number of methoxy groups -OCH3 is 1. The Morgan fingerprint density at radius 3 is 1.94 bits per heavy atom. The molecule has 0 saturated heterocycles. The van der Waals surface area contributed by atoms with Crippen LogP contribution in [0.3, 0.4) is 0 Å². The first-order valence-electron chi connectivity index (χ1n) is 10.9. The van der Waals surface area contributed by atoms with E-state index in [4.69, 9.17) is 4.74 Å². The van der Waals surface area contributed by atoms with E-state index in [9.17, 15) is 19.5 Å². The molecule has 0 amide bonds. The summed E-state index contributed by atoms with van der Waals surface area (Å²) in [4.78, 5) is 40.8. The number of rotatable bonds is 6. The van der Waals surface area contributed by atoms with Gasteiger partial charge in [-0.05, 0) is 18.6 Å². The van der Waals surface area contributed by atoms with Crippen LogP contribution in [0.25, 0.3) is 0 Å². The Kier molecular flexibility index (Phi) is 6.25. The van der Waals surface area contributed by atoms with Crippen molar-refractivity contribution in [1.82, 2.24) is 0 Å². The van der Waals surface area contributed by atoms with Crippen LogP contribution in [0.15, 0.2) is 84.9 Å². The van der Waals surface area contributed by atoms with E-state index in [-0.39, 0.29) is 23.8 Å². The van der Waals surface area contributed by atoms with E-state index in [1.165, 1.54) is 14.0 Å². The van der Waals surface area contributed by atoms with Gasteiger partial charge >= 0.3 is 0 Å². The van der Waals surface area contributed by atoms with Crippen molar-refractivity contribution < 1.29 is 24.2 Å². The van der Waals surface area contributed by atoms with Gasteiger partial charge in [0, 0.05) is 23.5 Å². The summed E-state index contributed by atoms with van der Waals surface area (Å²) in [5.74, 6) is -3.63. The zero-order valence-electron chi connectivity index (χ0n) is 18.6. The molecular weight excluding hydrogens is 416 g/mol. The third kappa shape index (κ3) is 4.24. The maximum Gasteiger partial charge on any atom is 0.173 e. The van der Waals surface area contributed by atoms with E-state index in [0.29, 0.717) is 22.4 Å². The van der Waals surface area contributed by atoms with Gasteiger partial charge in [0.2, 0.25) is 0 Å². The summed E-state index contributed by atoms with van der Waals surface area (Å²) in [5.41, 5.74) is -0.272. The average Bonchev–Trinajstić information content (AvgIpc) is 2.83. The predicted octanol–water partition coefficient (Wildman–Crippen LogP) is 4.50. The molecule has 1 N–H and O–H groups in total. The molecule has 5 nitrogen and oxygen atoms in total. The molecule has 33 heavy (non-hydrogen) atoms. The van der Waals surface area contributed by atoms with Crippen LogP contribution in [0.1, 0.15) is 45.5 Å². The summed E-state index contributed by atoms with van der Waals surface area (Å²) >= 11 is 0. The topological polar surface area (TPSA) is 80.7 Å². The zero-order chi connectivity index (χ0) is 23.6. The van der Waals surface area contributed by atoms with E-state index < -0.39 is 23.4 Å². The number of benzene rings is 3. The van der Waals surface area contributed by atoms with E-state index in [1.807, 2.05) is 0 Å². The third-order valence-electron chi connectivity index (χ3n) is 6.45. The Labute approximate surface area is 193 Å². The number of carbonyl (C=O) groups excluding carboxylic acids is 3. The average molecular weight is 443 g/mol. The quantitative estimate of drug-likeness (QED) is 0.449. The maximum absolute atomic E-state index is 13.8. The molecule has 0 radical (unpaired) electrons. The largest absolute Gasteiger partial charge is 0.496 e. The lowest BCUT2D eigenvalue weighted by atomic mass is 9.58. The van der Waals surface area contributed by atoms with Gasteiger partial charge in [0.05, 0.1) is 24.5 Å². The number of Topliss-reactive ketones (excluding diaryl/α,β-unsaturated/α-hetero) is 3. The molecule has 0 aromatic heterocycles. The number of hydrogen-bond acceptors (Lipinski definition) is 5. The fourth-order valence-electron chi connectivity index (χ4n) is 4.97. The monoisotopic (exact) mass is 442 g/mol. The Balaban J connectivity index is 1.93. The minimum absolute atomic E-state index is 0.287. The van der Waals surface area contributed by atoms with E-state index in [1.54, 1.807) is 84.9 Å². The summed E-state index contributed by atoms with van der Waals surface area (Å²) < 4.78 is 5.55. The van der Waals surface area contributed by atoms with Crippen molar-refractivity contribution in [3.8, 4) is 5.75 Å². The highest BCUT2D eigenvalue weighted by atomic mass is 16.5. The molecule has 4 unspecified atom stereocenters. The van der Waals surface area contributed by atoms with Gasteiger partial charge in [0.1, 0.15) is 11.5 Å². The molecule has 4 atom stereocenters. The van der Waals surface area contributed by atoms with Gasteiger partial charge in [-0.25, -0.2) is 0 Å². The molecule has 0 aliphatic heterocycles. The first-order valence-corrected chi connectivity index (χ1v) is 10.9. The summed E-state index contributed by atoms with van der Waals surface area (Å²) in [7, 11) is 1.50. The molecule has 3 aromatic rings. The van der Waals surface area contributed by atoms with Crippen LogP contribution in [0.4, 0.5) is 0 Å². The summed E-state index contributed by atoms with van der Waals surface area (Å²) in [6.07, 6.45) is -0.287. The Morgan fingerprint density at radius 2 is 1.36 bits per heavy atom. The molecule has 1 aliphatic carbocycles. The van der Waals surface area contributed by atoms with Gasteiger partial charge in [-0.15, -0.1) is 0 Å². The van der Waals surface area contributed by atoms with Crippen molar-refractivity contribution in [3.05, 3.63) is 102 Å². The molecule has 168 valence electrons. The minimum Gasteiger partial charge on any atom is -0.496 e. The van der Waals surface area contributed by atoms with Crippen LogP contribution >= 0.6 is 0 Å². The highest BCUT2D eigenvalue weighted by Gasteiger charge is 2.56. The van der Waals surface area contributed by atoms with Crippen molar-refractivity contribution in [2.24, 2.45) is 11.8 Å². The molecule has 4 rings (SSSR count). The number of carbonyl (C=O) groups is 3. The standard InChI is InChI=1S/C28H26O5/c1-28(32)17-21(29)24(26(30)18-11-5-3-6-12-18)23(20-15-9-10-16-22(20)33-2)25(28)27(31)19-13-7-4-8-14-19/h3-16,23-25,32H,17H2,1-2H3. The van der Waals surface area contributed by atoms with Crippen LogP contribution in [0.2, 0.25) is 0 Å². The molecule has 0 heterocycles. The lowest BCUT2D eigenvalue weighted by Crippen LogP contribution is -2.54. The molecule has 1 fully saturated rings. The third-order valence-corrected chi connectivity index (χ3v) is 6.45. The van der Waals surface area contributed by atoms with Crippen LogP contribution in [-0.2, 0) is 4.79 Å². The molecule has 1 aliphatic rings. The molecule has 0 spiro atoms. The first-order chi connectivity index (χ1) is 15.8. The molecular formula is C28H26O5. The molecule has 0 bridgehead atoms. The van der Waals surface area contributed by atoms with Crippen molar-refractivity contribution in [2.75, 3.05) is 7.11 Å². The highest BCUT2D eigenvalue weighted by molar-refractivity contribution is 6.13. The van der Waals surface area contributed by atoms with Gasteiger partial charge < -0.3 is 9.84 Å². The summed E-state index contributed by atoms with van der Waals surface area (Å²) in [6, 6.07) is 24.3. The number of para-hydroxylation sites is 1. The van der Waals surface area contributed by atoms with Crippen molar-refractivity contribution in [3.63, 3.8) is 0 Å². The SMILES string of the molecule is COc1ccccc1C1C(C(=O)c2ccccc2)C(=O)CC(C)(O)C1C(=O)c1ccccc1. The Bertz CT molecular complexity index is 1170.